The van der Waals surface area contributed by atoms with Crippen LogP contribution in [0.4, 0.5) is 5.69 Å². The molecule has 0 aromatic heterocycles. The number of benzene rings is 1. The van der Waals surface area contributed by atoms with Crippen molar-refractivity contribution in [3.63, 3.8) is 0 Å². The summed E-state index contributed by atoms with van der Waals surface area (Å²) < 4.78 is 23.9. The Bertz CT molecular complexity index is 846. The Morgan fingerprint density at radius 3 is 3.00 bits per heavy atom. The van der Waals surface area contributed by atoms with E-state index in [0.717, 1.165) is 24.0 Å². The number of anilines is 1. The fourth-order valence-corrected chi connectivity index (χ4v) is 4.31. The molecule has 2 aliphatic heterocycles. The van der Waals surface area contributed by atoms with Gasteiger partial charge in [0.05, 0.1) is 29.3 Å². The highest BCUT2D eigenvalue weighted by Gasteiger charge is 2.27. The number of aliphatic imine (C=N–C) groups is 1. The number of carbonyl (C=O) groups is 1. The minimum absolute atomic E-state index is 0.0493. The molecule has 0 saturated carbocycles. The molecule has 0 bridgehead atoms. The Labute approximate surface area is 144 Å². The summed E-state index contributed by atoms with van der Waals surface area (Å²) in [5.41, 5.74) is 0.946. The van der Waals surface area contributed by atoms with Crippen LogP contribution in [0.3, 0.4) is 0 Å². The highest BCUT2D eigenvalue weighted by Crippen LogP contribution is 2.32. The molecule has 0 atom stereocenters. The quantitative estimate of drug-likeness (QED) is 0.770. The van der Waals surface area contributed by atoms with Gasteiger partial charge in [-0.3, -0.25) is 9.79 Å². The lowest BCUT2D eigenvalue weighted by Gasteiger charge is -2.16. The standard InChI is InChI=1S/C15H17N3O4S2/c1-2-24(21,22)11-3-4-13(19)12(8-11)17-14(20)7-10-9-23-15-16-5-6-18(10)15/h3-4,8-9,19H,2,5-7H2,1H3,(H,17,20). The summed E-state index contributed by atoms with van der Waals surface area (Å²) in [7, 11) is -3.41. The summed E-state index contributed by atoms with van der Waals surface area (Å²) in [5, 5.41) is 15.2. The van der Waals surface area contributed by atoms with Crippen molar-refractivity contribution in [1.82, 2.24) is 4.90 Å². The Balaban J connectivity index is 1.73. The van der Waals surface area contributed by atoms with E-state index in [1.165, 1.54) is 30.0 Å². The average Bonchev–Trinajstić information content (AvgIpc) is 3.14. The number of amides is 1. The monoisotopic (exact) mass is 367 g/mol. The molecule has 24 heavy (non-hydrogen) atoms. The number of amidine groups is 1. The molecule has 0 unspecified atom stereocenters. The lowest BCUT2D eigenvalue weighted by atomic mass is 10.2. The van der Waals surface area contributed by atoms with Crippen LogP contribution in [0.15, 0.2) is 39.2 Å². The molecule has 3 rings (SSSR count). The van der Waals surface area contributed by atoms with Crippen molar-refractivity contribution in [3.8, 4) is 5.75 Å². The molecule has 2 heterocycles. The number of phenols is 1. The topological polar surface area (TPSA) is 99.1 Å². The lowest BCUT2D eigenvalue weighted by Crippen LogP contribution is -2.24. The van der Waals surface area contributed by atoms with Crippen molar-refractivity contribution >= 4 is 38.4 Å². The van der Waals surface area contributed by atoms with Gasteiger partial charge in [-0.15, -0.1) is 0 Å². The normalized spacial score (nSPS) is 16.6. The number of phenolic OH excluding ortho intramolecular Hbond substituents is 1. The summed E-state index contributed by atoms with van der Waals surface area (Å²) >= 11 is 1.49. The maximum atomic E-state index is 12.3. The second-order valence-corrected chi connectivity index (χ2v) is 8.47. The highest BCUT2D eigenvalue weighted by atomic mass is 32.2. The van der Waals surface area contributed by atoms with E-state index in [9.17, 15) is 18.3 Å². The molecule has 0 fully saturated rings. The largest absolute Gasteiger partial charge is 0.506 e. The van der Waals surface area contributed by atoms with Crippen LogP contribution in [0, 0.1) is 0 Å². The molecular formula is C15H17N3O4S2. The first-order valence-corrected chi connectivity index (χ1v) is 9.97. The van der Waals surface area contributed by atoms with Crippen LogP contribution in [-0.4, -0.2) is 48.3 Å². The second-order valence-electron chi connectivity index (χ2n) is 5.35. The smallest absolute Gasteiger partial charge is 0.230 e. The maximum Gasteiger partial charge on any atom is 0.230 e. The minimum atomic E-state index is -3.41. The van der Waals surface area contributed by atoms with Gasteiger partial charge in [0.25, 0.3) is 0 Å². The van der Waals surface area contributed by atoms with Crippen LogP contribution >= 0.6 is 11.8 Å². The first-order valence-electron chi connectivity index (χ1n) is 7.44. The SMILES string of the molecule is CCS(=O)(=O)c1ccc(O)c(NC(=O)CC2=CSC3=NCCN23)c1. The number of rotatable bonds is 5. The molecule has 1 aromatic rings. The Morgan fingerprint density at radius 2 is 2.25 bits per heavy atom. The molecule has 7 nitrogen and oxygen atoms in total. The van der Waals surface area contributed by atoms with Gasteiger partial charge >= 0.3 is 0 Å². The third kappa shape index (κ3) is 3.27. The van der Waals surface area contributed by atoms with Gasteiger partial charge in [-0.1, -0.05) is 18.7 Å². The van der Waals surface area contributed by atoms with Gasteiger partial charge < -0.3 is 15.3 Å². The van der Waals surface area contributed by atoms with Gasteiger partial charge in [-0.05, 0) is 23.6 Å². The third-order valence-corrected chi connectivity index (χ3v) is 6.45. The Hall–Kier alpha value is -2.00. The summed E-state index contributed by atoms with van der Waals surface area (Å²) in [5.74, 6) is -0.542. The molecule has 2 N–H and O–H groups in total. The Morgan fingerprint density at radius 1 is 1.46 bits per heavy atom. The number of aromatic hydroxyl groups is 1. The second kappa shape index (κ2) is 6.48. The number of sulfone groups is 1. The van der Waals surface area contributed by atoms with E-state index in [-0.39, 0.29) is 34.4 Å². The number of hydrogen-bond donors (Lipinski definition) is 2. The fraction of sp³-hybridized carbons (Fsp3) is 0.333. The summed E-state index contributed by atoms with van der Waals surface area (Å²) in [6.45, 7) is 3.02. The average molecular weight is 367 g/mol. The summed E-state index contributed by atoms with van der Waals surface area (Å²) in [6, 6.07) is 3.88. The number of carbonyl (C=O) groups excluding carboxylic acids is 1. The molecule has 128 valence electrons. The van der Waals surface area contributed by atoms with Crippen LogP contribution in [0.1, 0.15) is 13.3 Å². The molecule has 1 aromatic carbocycles. The van der Waals surface area contributed by atoms with E-state index in [1.54, 1.807) is 6.92 Å². The van der Waals surface area contributed by atoms with Crippen molar-refractivity contribution in [2.24, 2.45) is 4.99 Å². The van der Waals surface area contributed by atoms with Crippen LogP contribution in [-0.2, 0) is 14.6 Å². The summed E-state index contributed by atoms with van der Waals surface area (Å²) in [6.07, 6.45) is 0.135. The Kier molecular flexibility index (Phi) is 4.55. The molecule has 0 aliphatic carbocycles. The first kappa shape index (κ1) is 16.8. The molecule has 2 aliphatic rings. The fourth-order valence-electron chi connectivity index (χ4n) is 2.45. The van der Waals surface area contributed by atoms with Gasteiger partial charge in [0, 0.05) is 12.2 Å². The third-order valence-electron chi connectivity index (χ3n) is 3.77. The van der Waals surface area contributed by atoms with E-state index < -0.39 is 9.84 Å². The van der Waals surface area contributed by atoms with Crippen LogP contribution in [0.5, 0.6) is 5.75 Å². The van der Waals surface area contributed by atoms with Crippen LogP contribution in [0.25, 0.3) is 0 Å². The van der Waals surface area contributed by atoms with Gasteiger partial charge in [0.1, 0.15) is 5.75 Å². The number of thioether (sulfide) groups is 1. The van der Waals surface area contributed by atoms with Gasteiger partial charge in [0.2, 0.25) is 5.91 Å². The highest BCUT2D eigenvalue weighted by molar-refractivity contribution is 8.16. The van der Waals surface area contributed by atoms with Crippen LogP contribution < -0.4 is 5.32 Å². The zero-order valence-corrected chi connectivity index (χ0v) is 14.7. The maximum absolute atomic E-state index is 12.3. The van der Waals surface area contributed by atoms with Crippen molar-refractivity contribution in [2.45, 2.75) is 18.2 Å². The van der Waals surface area contributed by atoms with E-state index >= 15 is 0 Å². The van der Waals surface area contributed by atoms with Crippen molar-refractivity contribution in [1.29, 1.82) is 0 Å². The summed E-state index contributed by atoms with van der Waals surface area (Å²) in [4.78, 5) is 18.6. The van der Waals surface area contributed by atoms with E-state index in [4.69, 9.17) is 0 Å². The lowest BCUT2D eigenvalue weighted by molar-refractivity contribution is -0.115. The molecule has 0 spiro atoms. The number of fused-ring (bicyclic) bond motifs is 1. The van der Waals surface area contributed by atoms with Gasteiger partial charge in [-0.25, -0.2) is 8.42 Å². The van der Waals surface area contributed by atoms with E-state index in [0.29, 0.717) is 0 Å². The number of nitrogens with one attached hydrogen (secondary N) is 1. The van der Waals surface area contributed by atoms with Crippen LogP contribution in [0.2, 0.25) is 0 Å². The van der Waals surface area contributed by atoms with Gasteiger partial charge in [0.15, 0.2) is 15.0 Å². The number of nitrogens with zero attached hydrogens (tertiary/aromatic N) is 2. The van der Waals surface area contributed by atoms with E-state index in [1.807, 2.05) is 10.3 Å². The van der Waals surface area contributed by atoms with Crippen molar-refractivity contribution in [3.05, 3.63) is 29.3 Å². The van der Waals surface area contributed by atoms with Gasteiger partial charge in [-0.2, -0.15) is 0 Å². The molecule has 0 radical (unpaired) electrons. The first-order chi connectivity index (χ1) is 11.4. The zero-order chi connectivity index (χ0) is 17.3. The number of hydrogen-bond acceptors (Lipinski definition) is 7. The molecule has 0 saturated heterocycles. The predicted molar refractivity (Wildman–Crippen MR) is 93.8 cm³/mol. The van der Waals surface area contributed by atoms with Crippen molar-refractivity contribution in [2.75, 3.05) is 24.2 Å². The van der Waals surface area contributed by atoms with Crippen molar-refractivity contribution < 1.29 is 18.3 Å². The molecule has 1 amide bonds. The van der Waals surface area contributed by atoms with E-state index in [2.05, 4.69) is 10.3 Å². The minimum Gasteiger partial charge on any atom is -0.506 e. The zero-order valence-electron chi connectivity index (χ0n) is 13.0. The molecule has 9 heteroatoms. The predicted octanol–water partition coefficient (Wildman–Crippen LogP) is 1.77. The molecular weight excluding hydrogens is 350 g/mol.